The standard InChI is InChI=1S/C9H14N2O2/c1-8-4-5-9(2,6(12)10-8)11(3)7(8)13/h4-5H2,1-3H3,(H,10,12)/t8-,9+/m1/s1. The molecule has 3 heterocycles. The predicted octanol–water partition coefficient (Wildman–Crippen LogP) is -0.114. The second-order valence-electron chi connectivity index (χ2n) is 4.42. The van der Waals surface area contributed by atoms with Crippen molar-refractivity contribution in [3.05, 3.63) is 0 Å². The number of piperazine rings is 1. The van der Waals surface area contributed by atoms with Crippen molar-refractivity contribution in [3.8, 4) is 0 Å². The molecule has 0 saturated carbocycles. The minimum absolute atomic E-state index is 0.0247. The van der Waals surface area contributed by atoms with Gasteiger partial charge in [-0.25, -0.2) is 0 Å². The molecule has 2 bridgehead atoms. The lowest BCUT2D eigenvalue weighted by Gasteiger charge is -2.54. The Morgan fingerprint density at radius 2 is 1.92 bits per heavy atom. The van der Waals surface area contributed by atoms with Crippen LogP contribution in [0.3, 0.4) is 0 Å². The maximum absolute atomic E-state index is 11.8. The molecule has 3 saturated heterocycles. The summed E-state index contributed by atoms with van der Waals surface area (Å²) in [6.07, 6.45) is 1.51. The van der Waals surface area contributed by atoms with Crippen LogP contribution in [0.1, 0.15) is 26.7 Å². The minimum atomic E-state index is -0.649. The molecule has 3 aliphatic heterocycles. The summed E-state index contributed by atoms with van der Waals surface area (Å²) in [4.78, 5) is 25.0. The van der Waals surface area contributed by atoms with Crippen LogP contribution < -0.4 is 5.32 Å². The Morgan fingerprint density at radius 3 is 2.46 bits per heavy atom. The first kappa shape index (κ1) is 8.53. The molecule has 2 amide bonds. The van der Waals surface area contributed by atoms with Gasteiger partial charge >= 0.3 is 0 Å². The van der Waals surface area contributed by atoms with Gasteiger partial charge in [0, 0.05) is 7.05 Å². The highest BCUT2D eigenvalue weighted by atomic mass is 16.2. The van der Waals surface area contributed by atoms with E-state index in [-0.39, 0.29) is 11.8 Å². The molecular weight excluding hydrogens is 168 g/mol. The van der Waals surface area contributed by atoms with Crippen molar-refractivity contribution in [2.45, 2.75) is 37.8 Å². The van der Waals surface area contributed by atoms with Crippen LogP contribution in [0.2, 0.25) is 0 Å². The number of likely N-dealkylation sites (N-methyl/N-ethyl adjacent to an activating group) is 1. The summed E-state index contributed by atoms with van der Waals surface area (Å²) in [7, 11) is 1.71. The van der Waals surface area contributed by atoms with Crippen LogP contribution >= 0.6 is 0 Å². The van der Waals surface area contributed by atoms with Crippen LogP contribution in [-0.4, -0.2) is 34.8 Å². The third-order valence-corrected chi connectivity index (χ3v) is 3.51. The number of amides is 2. The van der Waals surface area contributed by atoms with Crippen molar-refractivity contribution in [3.63, 3.8) is 0 Å². The number of piperidine rings is 2. The van der Waals surface area contributed by atoms with Crippen molar-refractivity contribution in [1.29, 1.82) is 0 Å². The lowest BCUT2D eigenvalue weighted by atomic mass is 9.74. The maximum atomic E-state index is 11.8. The van der Waals surface area contributed by atoms with Gasteiger partial charge in [0.05, 0.1) is 0 Å². The van der Waals surface area contributed by atoms with Crippen molar-refractivity contribution in [2.75, 3.05) is 7.05 Å². The number of fused-ring (bicyclic) bond motifs is 3. The molecule has 0 aliphatic carbocycles. The summed E-state index contributed by atoms with van der Waals surface area (Å²) in [6, 6.07) is 0. The van der Waals surface area contributed by atoms with Gasteiger partial charge < -0.3 is 10.2 Å². The summed E-state index contributed by atoms with van der Waals surface area (Å²) >= 11 is 0. The first-order chi connectivity index (χ1) is 5.90. The maximum Gasteiger partial charge on any atom is 0.248 e. The molecule has 0 spiro atoms. The van der Waals surface area contributed by atoms with Gasteiger partial charge in [0.1, 0.15) is 11.1 Å². The Kier molecular flexibility index (Phi) is 1.35. The number of nitrogens with zero attached hydrogens (tertiary/aromatic N) is 1. The zero-order valence-corrected chi connectivity index (χ0v) is 8.18. The van der Waals surface area contributed by atoms with E-state index in [0.29, 0.717) is 0 Å². The summed E-state index contributed by atoms with van der Waals surface area (Å²) < 4.78 is 0. The summed E-state index contributed by atoms with van der Waals surface area (Å²) in [6.45, 7) is 3.61. The Morgan fingerprint density at radius 1 is 1.31 bits per heavy atom. The Bertz CT molecular complexity index is 302. The van der Waals surface area contributed by atoms with Gasteiger partial charge in [0.25, 0.3) is 0 Å². The zero-order chi connectivity index (χ0) is 9.85. The molecule has 0 aromatic heterocycles. The molecule has 0 aromatic rings. The average Bonchev–Trinajstić information content (AvgIpc) is 2.07. The van der Waals surface area contributed by atoms with E-state index in [9.17, 15) is 9.59 Å². The van der Waals surface area contributed by atoms with Gasteiger partial charge in [-0.1, -0.05) is 0 Å². The fourth-order valence-corrected chi connectivity index (χ4v) is 2.13. The van der Waals surface area contributed by atoms with Crippen LogP contribution in [0.25, 0.3) is 0 Å². The summed E-state index contributed by atoms with van der Waals surface area (Å²) in [5.41, 5.74) is -1.27. The van der Waals surface area contributed by atoms with E-state index in [1.54, 1.807) is 18.9 Å². The Labute approximate surface area is 77.3 Å². The number of carbonyl (C=O) groups is 2. The van der Waals surface area contributed by atoms with Gasteiger partial charge in [-0.05, 0) is 26.7 Å². The number of hydrogen-bond acceptors (Lipinski definition) is 2. The van der Waals surface area contributed by atoms with Crippen LogP contribution in [0.5, 0.6) is 0 Å². The van der Waals surface area contributed by atoms with E-state index in [1.807, 2.05) is 6.92 Å². The molecule has 0 aromatic carbocycles. The van der Waals surface area contributed by atoms with E-state index < -0.39 is 11.1 Å². The van der Waals surface area contributed by atoms with Crippen LogP contribution in [0.15, 0.2) is 0 Å². The van der Waals surface area contributed by atoms with Crippen molar-refractivity contribution in [2.24, 2.45) is 0 Å². The van der Waals surface area contributed by atoms with Crippen LogP contribution in [0.4, 0.5) is 0 Å². The van der Waals surface area contributed by atoms with Crippen LogP contribution in [-0.2, 0) is 9.59 Å². The normalized spacial score (nSPS) is 43.8. The van der Waals surface area contributed by atoms with Crippen LogP contribution in [0, 0.1) is 0 Å². The number of carbonyl (C=O) groups excluding carboxylic acids is 2. The van der Waals surface area contributed by atoms with Crippen molar-refractivity contribution in [1.82, 2.24) is 10.2 Å². The fraction of sp³-hybridized carbons (Fsp3) is 0.778. The first-order valence-corrected chi connectivity index (χ1v) is 4.51. The highest BCUT2D eigenvalue weighted by Gasteiger charge is 2.57. The Hall–Kier alpha value is -1.06. The lowest BCUT2D eigenvalue weighted by Crippen LogP contribution is -2.77. The van der Waals surface area contributed by atoms with E-state index in [1.165, 1.54) is 0 Å². The molecule has 2 atom stereocenters. The third kappa shape index (κ3) is 0.806. The minimum Gasteiger partial charge on any atom is -0.340 e. The number of nitrogens with one attached hydrogen (secondary N) is 1. The molecule has 3 rings (SSSR count). The highest BCUT2D eigenvalue weighted by Crippen LogP contribution is 2.38. The highest BCUT2D eigenvalue weighted by molar-refractivity contribution is 6.03. The topological polar surface area (TPSA) is 49.4 Å². The lowest BCUT2D eigenvalue weighted by molar-refractivity contribution is -0.167. The molecule has 0 unspecified atom stereocenters. The third-order valence-electron chi connectivity index (χ3n) is 3.51. The van der Waals surface area contributed by atoms with Gasteiger partial charge in [-0.3, -0.25) is 9.59 Å². The SMILES string of the molecule is CN1C(=O)[C@@]2(C)CC[C@@]1(C)C(=O)N2. The molecular formula is C9H14N2O2. The second kappa shape index (κ2) is 2.05. The summed E-state index contributed by atoms with van der Waals surface area (Å²) in [5, 5.41) is 2.78. The smallest absolute Gasteiger partial charge is 0.248 e. The Balaban J connectivity index is 2.48. The van der Waals surface area contributed by atoms with Gasteiger partial charge in [-0.15, -0.1) is 0 Å². The second-order valence-corrected chi connectivity index (χ2v) is 4.42. The zero-order valence-electron chi connectivity index (χ0n) is 8.18. The molecule has 3 fully saturated rings. The molecule has 13 heavy (non-hydrogen) atoms. The molecule has 4 nitrogen and oxygen atoms in total. The average molecular weight is 182 g/mol. The first-order valence-electron chi connectivity index (χ1n) is 4.51. The van der Waals surface area contributed by atoms with Crippen molar-refractivity contribution >= 4 is 11.8 Å². The molecule has 0 radical (unpaired) electrons. The molecule has 1 N–H and O–H groups in total. The van der Waals surface area contributed by atoms with Crippen molar-refractivity contribution < 1.29 is 9.59 Å². The van der Waals surface area contributed by atoms with Gasteiger partial charge in [0.2, 0.25) is 11.8 Å². The summed E-state index contributed by atoms with van der Waals surface area (Å²) in [5.74, 6) is 0.00389. The molecule has 72 valence electrons. The predicted molar refractivity (Wildman–Crippen MR) is 47.0 cm³/mol. The number of rotatable bonds is 0. The van der Waals surface area contributed by atoms with E-state index in [2.05, 4.69) is 5.32 Å². The fourth-order valence-electron chi connectivity index (χ4n) is 2.13. The quantitative estimate of drug-likeness (QED) is 0.568. The van der Waals surface area contributed by atoms with E-state index in [0.717, 1.165) is 12.8 Å². The monoisotopic (exact) mass is 182 g/mol. The van der Waals surface area contributed by atoms with E-state index >= 15 is 0 Å². The molecule has 3 aliphatic rings. The molecule has 4 heteroatoms. The number of hydrogen-bond donors (Lipinski definition) is 1. The van der Waals surface area contributed by atoms with Gasteiger partial charge in [-0.2, -0.15) is 0 Å². The van der Waals surface area contributed by atoms with Gasteiger partial charge in [0.15, 0.2) is 0 Å². The largest absolute Gasteiger partial charge is 0.340 e. The van der Waals surface area contributed by atoms with E-state index in [4.69, 9.17) is 0 Å².